The molecule has 0 fully saturated rings. The summed E-state index contributed by atoms with van der Waals surface area (Å²) >= 11 is 0. The standard InChI is InChI=1S/C19H24N2O2/c1-13(18(22)21-17-11-6-5-10-16(17)20)23-15-9-7-8-14(12-15)19(2,3)4/h5-13H,20H2,1-4H3,(H,21,22). The summed E-state index contributed by atoms with van der Waals surface area (Å²) in [5.74, 6) is 0.449. The largest absolute Gasteiger partial charge is 0.481 e. The smallest absolute Gasteiger partial charge is 0.265 e. The Morgan fingerprint density at radius 2 is 1.83 bits per heavy atom. The Morgan fingerprint density at radius 1 is 1.13 bits per heavy atom. The van der Waals surface area contributed by atoms with Gasteiger partial charge in [-0.15, -0.1) is 0 Å². The van der Waals surface area contributed by atoms with Crippen molar-refractivity contribution < 1.29 is 9.53 Å². The van der Waals surface area contributed by atoms with Crippen LogP contribution < -0.4 is 15.8 Å². The molecule has 0 heterocycles. The summed E-state index contributed by atoms with van der Waals surface area (Å²) in [5, 5.41) is 2.79. The van der Waals surface area contributed by atoms with Crippen LogP contribution in [0.15, 0.2) is 48.5 Å². The van der Waals surface area contributed by atoms with Crippen molar-refractivity contribution in [3.63, 3.8) is 0 Å². The van der Waals surface area contributed by atoms with E-state index in [1.54, 1.807) is 19.1 Å². The topological polar surface area (TPSA) is 64.3 Å². The van der Waals surface area contributed by atoms with Gasteiger partial charge in [-0.3, -0.25) is 4.79 Å². The first kappa shape index (κ1) is 16.9. The molecule has 3 N–H and O–H groups in total. The summed E-state index contributed by atoms with van der Waals surface area (Å²) in [5.41, 5.74) is 8.15. The van der Waals surface area contributed by atoms with Crippen molar-refractivity contribution >= 4 is 17.3 Å². The number of para-hydroxylation sites is 2. The summed E-state index contributed by atoms with van der Waals surface area (Å²) in [6.07, 6.45) is -0.621. The highest BCUT2D eigenvalue weighted by atomic mass is 16.5. The number of nitrogen functional groups attached to an aromatic ring is 1. The number of hydrogen-bond acceptors (Lipinski definition) is 3. The first-order chi connectivity index (χ1) is 10.8. The molecule has 0 aliphatic heterocycles. The zero-order chi connectivity index (χ0) is 17.0. The van der Waals surface area contributed by atoms with Crippen LogP contribution >= 0.6 is 0 Å². The van der Waals surface area contributed by atoms with Gasteiger partial charge in [-0.2, -0.15) is 0 Å². The average molecular weight is 312 g/mol. The van der Waals surface area contributed by atoms with Gasteiger partial charge >= 0.3 is 0 Å². The minimum Gasteiger partial charge on any atom is -0.481 e. The van der Waals surface area contributed by atoms with E-state index in [1.807, 2.05) is 30.3 Å². The van der Waals surface area contributed by atoms with Gasteiger partial charge in [0.05, 0.1) is 11.4 Å². The highest BCUT2D eigenvalue weighted by Crippen LogP contribution is 2.26. The van der Waals surface area contributed by atoms with E-state index in [1.165, 1.54) is 0 Å². The lowest BCUT2D eigenvalue weighted by molar-refractivity contribution is -0.122. The van der Waals surface area contributed by atoms with Gasteiger partial charge in [0, 0.05) is 0 Å². The van der Waals surface area contributed by atoms with Crippen LogP contribution in [0.25, 0.3) is 0 Å². The maximum Gasteiger partial charge on any atom is 0.265 e. The van der Waals surface area contributed by atoms with Crippen LogP contribution in [0.4, 0.5) is 11.4 Å². The van der Waals surface area contributed by atoms with E-state index in [2.05, 4.69) is 32.2 Å². The van der Waals surface area contributed by atoms with Crippen molar-refractivity contribution in [1.29, 1.82) is 0 Å². The predicted molar refractivity (Wildman–Crippen MR) is 94.7 cm³/mol. The molecule has 1 amide bonds. The SMILES string of the molecule is CC(Oc1cccc(C(C)(C)C)c1)C(=O)Nc1ccccc1N. The van der Waals surface area contributed by atoms with Gasteiger partial charge in [-0.05, 0) is 42.2 Å². The van der Waals surface area contributed by atoms with Crippen LogP contribution in [-0.2, 0) is 10.2 Å². The Balaban J connectivity index is 2.05. The number of rotatable bonds is 4. The second kappa shape index (κ2) is 6.73. The molecule has 0 aliphatic carbocycles. The van der Waals surface area contributed by atoms with E-state index in [-0.39, 0.29) is 11.3 Å². The number of carbonyl (C=O) groups is 1. The molecule has 0 bridgehead atoms. The molecule has 0 aliphatic rings. The molecule has 1 unspecified atom stereocenters. The molecule has 2 aromatic rings. The minimum absolute atomic E-state index is 0.0311. The Hall–Kier alpha value is -2.49. The molecule has 2 rings (SSSR count). The number of nitrogens with one attached hydrogen (secondary N) is 1. The fourth-order valence-electron chi connectivity index (χ4n) is 2.14. The molecule has 23 heavy (non-hydrogen) atoms. The molecule has 2 aromatic carbocycles. The molecule has 0 saturated heterocycles. The molecular formula is C19H24N2O2. The number of anilines is 2. The fourth-order valence-corrected chi connectivity index (χ4v) is 2.14. The van der Waals surface area contributed by atoms with Crippen LogP contribution in [0, 0.1) is 0 Å². The molecule has 4 nitrogen and oxygen atoms in total. The summed E-state index contributed by atoms with van der Waals surface area (Å²) in [6, 6.07) is 15.0. The van der Waals surface area contributed by atoms with Crippen molar-refractivity contribution in [1.82, 2.24) is 0 Å². The quantitative estimate of drug-likeness (QED) is 0.840. The van der Waals surface area contributed by atoms with E-state index in [4.69, 9.17) is 10.5 Å². The summed E-state index contributed by atoms with van der Waals surface area (Å²) < 4.78 is 5.77. The van der Waals surface area contributed by atoms with Crippen molar-refractivity contribution in [3.8, 4) is 5.75 Å². The highest BCUT2D eigenvalue weighted by molar-refractivity contribution is 5.96. The van der Waals surface area contributed by atoms with Gasteiger partial charge in [0.15, 0.2) is 6.10 Å². The van der Waals surface area contributed by atoms with Crippen LogP contribution in [0.1, 0.15) is 33.3 Å². The Kier molecular flexibility index (Phi) is 4.94. The molecule has 122 valence electrons. The predicted octanol–water partition coefficient (Wildman–Crippen LogP) is 3.97. The lowest BCUT2D eigenvalue weighted by Gasteiger charge is -2.21. The van der Waals surface area contributed by atoms with Gasteiger partial charge < -0.3 is 15.8 Å². The number of ether oxygens (including phenoxy) is 1. The zero-order valence-electron chi connectivity index (χ0n) is 14.1. The maximum atomic E-state index is 12.3. The number of amides is 1. The molecule has 0 radical (unpaired) electrons. The second-order valence-corrected chi connectivity index (χ2v) is 6.61. The third kappa shape index (κ3) is 4.49. The first-order valence-electron chi connectivity index (χ1n) is 7.70. The second-order valence-electron chi connectivity index (χ2n) is 6.61. The normalized spacial score (nSPS) is 12.5. The molecule has 0 saturated carbocycles. The van der Waals surface area contributed by atoms with Crippen LogP contribution in [0.2, 0.25) is 0 Å². The molecule has 0 aromatic heterocycles. The summed E-state index contributed by atoms with van der Waals surface area (Å²) in [4.78, 5) is 12.3. The van der Waals surface area contributed by atoms with Crippen molar-refractivity contribution in [3.05, 3.63) is 54.1 Å². The van der Waals surface area contributed by atoms with Crippen LogP contribution in [0.5, 0.6) is 5.75 Å². The lowest BCUT2D eigenvalue weighted by Crippen LogP contribution is -2.30. The molecule has 1 atom stereocenters. The highest BCUT2D eigenvalue weighted by Gasteiger charge is 2.18. The van der Waals surface area contributed by atoms with Crippen LogP contribution in [-0.4, -0.2) is 12.0 Å². The Labute approximate surface area is 137 Å². The Morgan fingerprint density at radius 3 is 2.48 bits per heavy atom. The molecular weight excluding hydrogens is 288 g/mol. The van der Waals surface area contributed by atoms with Gasteiger partial charge in [0.1, 0.15) is 5.75 Å². The number of hydrogen-bond donors (Lipinski definition) is 2. The van der Waals surface area contributed by atoms with Crippen molar-refractivity contribution in [2.24, 2.45) is 0 Å². The van der Waals surface area contributed by atoms with Gasteiger partial charge in [0.25, 0.3) is 5.91 Å². The van der Waals surface area contributed by atoms with E-state index in [9.17, 15) is 4.79 Å². The minimum atomic E-state index is -0.621. The molecule has 4 heteroatoms. The van der Waals surface area contributed by atoms with Crippen molar-refractivity contribution in [2.75, 3.05) is 11.1 Å². The fraction of sp³-hybridized carbons (Fsp3) is 0.316. The monoisotopic (exact) mass is 312 g/mol. The third-order valence-electron chi connectivity index (χ3n) is 3.60. The van der Waals surface area contributed by atoms with Gasteiger partial charge in [-0.25, -0.2) is 0 Å². The summed E-state index contributed by atoms with van der Waals surface area (Å²) in [6.45, 7) is 8.14. The van der Waals surface area contributed by atoms with E-state index < -0.39 is 6.10 Å². The Bertz CT molecular complexity index is 690. The zero-order valence-corrected chi connectivity index (χ0v) is 14.1. The van der Waals surface area contributed by atoms with Gasteiger partial charge in [-0.1, -0.05) is 45.0 Å². The lowest BCUT2D eigenvalue weighted by atomic mass is 9.87. The first-order valence-corrected chi connectivity index (χ1v) is 7.70. The van der Waals surface area contributed by atoms with E-state index in [0.29, 0.717) is 17.1 Å². The van der Waals surface area contributed by atoms with Crippen LogP contribution in [0.3, 0.4) is 0 Å². The number of carbonyl (C=O) groups excluding carboxylic acids is 1. The van der Waals surface area contributed by atoms with E-state index in [0.717, 1.165) is 5.56 Å². The third-order valence-corrected chi connectivity index (χ3v) is 3.60. The van der Waals surface area contributed by atoms with E-state index >= 15 is 0 Å². The summed E-state index contributed by atoms with van der Waals surface area (Å²) in [7, 11) is 0. The number of nitrogens with two attached hydrogens (primary N) is 1. The number of benzene rings is 2. The van der Waals surface area contributed by atoms with Gasteiger partial charge in [0.2, 0.25) is 0 Å². The van der Waals surface area contributed by atoms with Crippen molar-refractivity contribution in [2.45, 2.75) is 39.2 Å². The average Bonchev–Trinajstić information content (AvgIpc) is 2.49. The molecule has 0 spiro atoms. The maximum absolute atomic E-state index is 12.3.